The summed E-state index contributed by atoms with van der Waals surface area (Å²) < 4.78 is 0. The number of halogens is 1. The van der Waals surface area contributed by atoms with Crippen LogP contribution < -0.4 is 16.4 Å². The van der Waals surface area contributed by atoms with E-state index >= 15 is 0 Å². The zero-order valence-corrected chi connectivity index (χ0v) is 13.4. The van der Waals surface area contributed by atoms with Crippen molar-refractivity contribution in [1.29, 1.82) is 0 Å². The maximum absolute atomic E-state index is 12.0. The molecule has 4 N–H and O–H groups in total. The number of rotatable bonds is 7. The molecule has 22 heavy (non-hydrogen) atoms. The minimum atomic E-state index is -0.637. The molecule has 0 spiro atoms. The van der Waals surface area contributed by atoms with Crippen LogP contribution in [-0.4, -0.2) is 30.9 Å². The van der Waals surface area contributed by atoms with Crippen molar-refractivity contribution in [2.24, 2.45) is 11.7 Å². The standard InChI is InChI=1S/C16H23N3O2.ClH/c17-16(21)14(10-12-4-2-1-3-5-12)19-15(20)7-6-13-8-9-18-11-13;/h1-5,13-14,18H,6-11H2,(H2,17,21)(H,19,20);1H. The summed E-state index contributed by atoms with van der Waals surface area (Å²) in [6.45, 7) is 2.01. The molecule has 0 radical (unpaired) electrons. The number of benzene rings is 1. The zero-order valence-electron chi connectivity index (χ0n) is 12.6. The third-order valence-corrected chi connectivity index (χ3v) is 3.90. The van der Waals surface area contributed by atoms with E-state index < -0.39 is 11.9 Å². The molecule has 1 aliphatic rings. The van der Waals surface area contributed by atoms with E-state index in [4.69, 9.17) is 5.73 Å². The summed E-state index contributed by atoms with van der Waals surface area (Å²) in [6.07, 6.45) is 2.87. The van der Waals surface area contributed by atoms with Crippen LogP contribution in [0, 0.1) is 5.92 Å². The van der Waals surface area contributed by atoms with Crippen molar-refractivity contribution in [1.82, 2.24) is 10.6 Å². The Morgan fingerprint density at radius 3 is 2.64 bits per heavy atom. The lowest BCUT2D eigenvalue weighted by Crippen LogP contribution is -2.45. The quantitative estimate of drug-likeness (QED) is 0.699. The number of nitrogens with one attached hydrogen (secondary N) is 2. The van der Waals surface area contributed by atoms with Gasteiger partial charge >= 0.3 is 0 Å². The first-order valence-corrected chi connectivity index (χ1v) is 7.48. The number of amides is 2. The van der Waals surface area contributed by atoms with Gasteiger partial charge in [0.2, 0.25) is 11.8 Å². The molecule has 6 heteroatoms. The van der Waals surface area contributed by atoms with Crippen LogP contribution in [0.4, 0.5) is 0 Å². The molecular formula is C16H24ClN3O2. The number of hydrogen-bond donors (Lipinski definition) is 3. The topological polar surface area (TPSA) is 84.2 Å². The van der Waals surface area contributed by atoms with Gasteiger partial charge in [0.25, 0.3) is 0 Å². The highest BCUT2D eigenvalue weighted by molar-refractivity contribution is 5.86. The Morgan fingerprint density at radius 1 is 1.32 bits per heavy atom. The van der Waals surface area contributed by atoms with Crippen molar-refractivity contribution in [3.63, 3.8) is 0 Å². The van der Waals surface area contributed by atoms with Gasteiger partial charge in [-0.2, -0.15) is 0 Å². The lowest BCUT2D eigenvalue weighted by Gasteiger charge is -2.16. The summed E-state index contributed by atoms with van der Waals surface area (Å²) in [4.78, 5) is 23.5. The Hall–Kier alpha value is -1.59. The average Bonchev–Trinajstić information content (AvgIpc) is 2.99. The monoisotopic (exact) mass is 325 g/mol. The van der Waals surface area contributed by atoms with Gasteiger partial charge in [0.05, 0.1) is 0 Å². The molecule has 1 fully saturated rings. The van der Waals surface area contributed by atoms with Gasteiger partial charge in [-0.15, -0.1) is 12.4 Å². The van der Waals surface area contributed by atoms with Gasteiger partial charge in [-0.25, -0.2) is 0 Å². The third kappa shape index (κ3) is 6.03. The normalized spacial score (nSPS) is 18.3. The van der Waals surface area contributed by atoms with E-state index in [1.807, 2.05) is 30.3 Å². The van der Waals surface area contributed by atoms with Gasteiger partial charge in [0.15, 0.2) is 0 Å². The summed E-state index contributed by atoms with van der Waals surface area (Å²) >= 11 is 0. The van der Waals surface area contributed by atoms with E-state index in [1.165, 1.54) is 0 Å². The van der Waals surface area contributed by atoms with E-state index in [1.54, 1.807) is 0 Å². The maximum atomic E-state index is 12.0. The minimum absolute atomic E-state index is 0. The van der Waals surface area contributed by atoms with E-state index in [2.05, 4.69) is 10.6 Å². The molecule has 1 saturated heterocycles. The molecule has 1 aliphatic heterocycles. The van der Waals surface area contributed by atoms with E-state index in [9.17, 15) is 9.59 Å². The second-order valence-electron chi connectivity index (χ2n) is 5.61. The summed E-state index contributed by atoms with van der Waals surface area (Å²) in [5.41, 5.74) is 6.38. The first kappa shape index (κ1) is 18.5. The fraction of sp³-hybridized carbons (Fsp3) is 0.500. The SMILES string of the molecule is Cl.NC(=O)C(Cc1ccccc1)NC(=O)CCC1CCNC1. The molecule has 0 bridgehead atoms. The van der Waals surface area contributed by atoms with Gasteiger partial charge in [0.1, 0.15) is 6.04 Å². The van der Waals surface area contributed by atoms with Gasteiger partial charge < -0.3 is 16.4 Å². The molecule has 2 rings (SSSR count). The van der Waals surface area contributed by atoms with Crippen LogP contribution in [0.1, 0.15) is 24.8 Å². The summed E-state index contributed by atoms with van der Waals surface area (Å²) in [5, 5.41) is 6.04. The van der Waals surface area contributed by atoms with Crippen LogP contribution in [0.5, 0.6) is 0 Å². The van der Waals surface area contributed by atoms with Crippen LogP contribution in [0.15, 0.2) is 30.3 Å². The summed E-state index contributed by atoms with van der Waals surface area (Å²) in [6, 6.07) is 8.93. The summed E-state index contributed by atoms with van der Waals surface area (Å²) in [5.74, 6) is -0.0201. The van der Waals surface area contributed by atoms with E-state index in [0.717, 1.165) is 31.5 Å². The van der Waals surface area contributed by atoms with Crippen molar-refractivity contribution in [2.45, 2.75) is 31.7 Å². The molecule has 2 amide bonds. The fourth-order valence-electron chi connectivity index (χ4n) is 2.64. The average molecular weight is 326 g/mol. The number of carbonyl (C=O) groups is 2. The molecule has 2 unspecified atom stereocenters. The van der Waals surface area contributed by atoms with Crippen molar-refractivity contribution < 1.29 is 9.59 Å². The highest BCUT2D eigenvalue weighted by Gasteiger charge is 2.20. The largest absolute Gasteiger partial charge is 0.368 e. The molecule has 0 saturated carbocycles. The van der Waals surface area contributed by atoms with E-state index in [0.29, 0.717) is 18.8 Å². The number of nitrogens with two attached hydrogens (primary N) is 1. The summed E-state index contributed by atoms with van der Waals surface area (Å²) in [7, 11) is 0. The van der Waals surface area contributed by atoms with E-state index in [-0.39, 0.29) is 18.3 Å². The molecule has 1 aromatic carbocycles. The highest BCUT2D eigenvalue weighted by atomic mass is 35.5. The number of carbonyl (C=O) groups excluding carboxylic acids is 2. The first-order chi connectivity index (χ1) is 10.1. The lowest BCUT2D eigenvalue weighted by molar-refractivity contribution is -0.127. The van der Waals surface area contributed by atoms with Crippen LogP contribution in [0.25, 0.3) is 0 Å². The molecule has 0 aliphatic carbocycles. The lowest BCUT2D eigenvalue weighted by atomic mass is 10.0. The van der Waals surface area contributed by atoms with Gasteiger partial charge in [-0.1, -0.05) is 30.3 Å². The molecular weight excluding hydrogens is 302 g/mol. The van der Waals surface area contributed by atoms with Crippen molar-refractivity contribution in [3.8, 4) is 0 Å². The van der Waals surface area contributed by atoms with Crippen LogP contribution >= 0.6 is 12.4 Å². The zero-order chi connectivity index (χ0) is 15.1. The Morgan fingerprint density at radius 2 is 2.05 bits per heavy atom. The molecule has 0 aromatic heterocycles. The van der Waals surface area contributed by atoms with Gasteiger partial charge in [-0.3, -0.25) is 9.59 Å². The molecule has 1 aromatic rings. The Labute approximate surface area is 137 Å². The molecule has 2 atom stereocenters. The van der Waals surface area contributed by atoms with Crippen molar-refractivity contribution >= 4 is 24.2 Å². The molecule has 5 nitrogen and oxygen atoms in total. The Balaban J connectivity index is 0.00000242. The maximum Gasteiger partial charge on any atom is 0.240 e. The highest BCUT2D eigenvalue weighted by Crippen LogP contribution is 2.14. The Kier molecular flexibility index (Phi) is 7.91. The van der Waals surface area contributed by atoms with Gasteiger partial charge in [-0.05, 0) is 37.4 Å². The Bertz CT molecular complexity index is 476. The third-order valence-electron chi connectivity index (χ3n) is 3.90. The number of hydrogen-bond acceptors (Lipinski definition) is 3. The predicted octanol–water partition coefficient (Wildman–Crippen LogP) is 1.01. The van der Waals surface area contributed by atoms with Gasteiger partial charge in [0, 0.05) is 12.8 Å². The second kappa shape index (κ2) is 9.43. The minimum Gasteiger partial charge on any atom is -0.368 e. The number of primary amides is 1. The first-order valence-electron chi connectivity index (χ1n) is 7.48. The molecule has 122 valence electrons. The fourth-order valence-corrected chi connectivity index (χ4v) is 2.64. The van der Waals surface area contributed by atoms with Crippen molar-refractivity contribution in [3.05, 3.63) is 35.9 Å². The molecule has 1 heterocycles. The van der Waals surface area contributed by atoms with Crippen LogP contribution in [-0.2, 0) is 16.0 Å². The smallest absolute Gasteiger partial charge is 0.240 e. The van der Waals surface area contributed by atoms with Crippen LogP contribution in [0.3, 0.4) is 0 Å². The van der Waals surface area contributed by atoms with Crippen LogP contribution in [0.2, 0.25) is 0 Å². The predicted molar refractivity (Wildman–Crippen MR) is 88.7 cm³/mol. The van der Waals surface area contributed by atoms with Crippen molar-refractivity contribution in [2.75, 3.05) is 13.1 Å². The second-order valence-corrected chi connectivity index (χ2v) is 5.61.